The Morgan fingerprint density at radius 2 is 1.88 bits per heavy atom. The molecule has 0 spiro atoms. The number of nitro benzene ring substituents is 1. The molecule has 0 unspecified atom stereocenters. The molecule has 126 valence electrons. The van der Waals surface area contributed by atoms with Crippen molar-refractivity contribution in [3.8, 4) is 11.5 Å². The molecule has 0 N–H and O–H groups in total. The van der Waals surface area contributed by atoms with Crippen molar-refractivity contribution in [3.05, 3.63) is 56.5 Å². The molecule has 0 aliphatic carbocycles. The van der Waals surface area contributed by atoms with Gasteiger partial charge in [-0.2, -0.15) is 0 Å². The smallest absolute Gasteiger partial charge is 0.283 e. The predicted molar refractivity (Wildman–Crippen MR) is 89.1 cm³/mol. The van der Waals surface area contributed by atoms with E-state index in [9.17, 15) is 18.5 Å². The largest absolute Gasteiger partial charge is 0.454 e. The zero-order chi connectivity index (χ0) is 17.3. The molecule has 3 rings (SSSR count). The van der Waals surface area contributed by atoms with E-state index in [2.05, 4.69) is 15.9 Å². The Bertz CT molecular complexity index is 912. The fourth-order valence-electron chi connectivity index (χ4n) is 2.30. The van der Waals surface area contributed by atoms with Gasteiger partial charge in [-0.3, -0.25) is 10.1 Å². The van der Waals surface area contributed by atoms with E-state index in [0.29, 0.717) is 17.9 Å². The van der Waals surface area contributed by atoms with Crippen LogP contribution in [0.25, 0.3) is 0 Å². The van der Waals surface area contributed by atoms with Gasteiger partial charge in [-0.05, 0) is 52.2 Å². The summed E-state index contributed by atoms with van der Waals surface area (Å²) in [5.74, 6) is 1.13. The van der Waals surface area contributed by atoms with Crippen LogP contribution in [0.5, 0.6) is 11.5 Å². The molecule has 7 nitrogen and oxygen atoms in total. The summed E-state index contributed by atoms with van der Waals surface area (Å²) in [7, 11) is -3.56. The van der Waals surface area contributed by atoms with E-state index in [0.717, 1.165) is 5.56 Å². The molecule has 2 aromatic rings. The number of ether oxygens (including phenoxy) is 2. The number of rotatable bonds is 5. The minimum atomic E-state index is -3.56. The van der Waals surface area contributed by atoms with Gasteiger partial charge in [-0.1, -0.05) is 6.07 Å². The topological polar surface area (TPSA) is 95.7 Å². The maximum Gasteiger partial charge on any atom is 0.283 e. The van der Waals surface area contributed by atoms with Crippen molar-refractivity contribution in [2.45, 2.75) is 11.3 Å². The third-order valence-corrected chi connectivity index (χ3v) is 5.92. The number of fused-ring (bicyclic) bond motifs is 1. The molecule has 24 heavy (non-hydrogen) atoms. The molecule has 0 fully saturated rings. The lowest BCUT2D eigenvalue weighted by Gasteiger charge is -2.06. The Kier molecular flexibility index (Phi) is 4.46. The van der Waals surface area contributed by atoms with Gasteiger partial charge in [0.15, 0.2) is 21.3 Å². The SMILES string of the molecule is O=[N+]([O-])c1ccc(S(=O)(=O)CCc2ccc3c(c2)OCO3)cc1Br. The van der Waals surface area contributed by atoms with E-state index in [-0.39, 0.29) is 27.6 Å². The van der Waals surface area contributed by atoms with E-state index in [1.807, 2.05) is 0 Å². The molecule has 0 saturated heterocycles. The molecular weight excluding hydrogens is 402 g/mol. The van der Waals surface area contributed by atoms with Crippen LogP contribution in [0.1, 0.15) is 5.56 Å². The first-order valence-electron chi connectivity index (χ1n) is 6.92. The summed E-state index contributed by atoms with van der Waals surface area (Å²) < 4.78 is 35.5. The van der Waals surface area contributed by atoms with Gasteiger partial charge in [-0.25, -0.2) is 8.42 Å². The van der Waals surface area contributed by atoms with Crippen LogP contribution in [0.2, 0.25) is 0 Å². The summed E-state index contributed by atoms with van der Waals surface area (Å²) in [5, 5.41) is 10.8. The van der Waals surface area contributed by atoms with Crippen LogP contribution in [0, 0.1) is 10.1 Å². The van der Waals surface area contributed by atoms with Crippen molar-refractivity contribution >= 4 is 31.5 Å². The summed E-state index contributed by atoms with van der Waals surface area (Å²) in [6.45, 7) is 0.161. The monoisotopic (exact) mass is 413 g/mol. The van der Waals surface area contributed by atoms with Crippen LogP contribution < -0.4 is 9.47 Å². The predicted octanol–water partition coefficient (Wildman–Crippen LogP) is 3.10. The maximum absolute atomic E-state index is 12.4. The van der Waals surface area contributed by atoms with Crippen LogP contribution in [-0.2, 0) is 16.3 Å². The lowest BCUT2D eigenvalue weighted by atomic mass is 10.1. The lowest BCUT2D eigenvalue weighted by molar-refractivity contribution is -0.385. The number of aryl methyl sites for hydroxylation is 1. The number of sulfone groups is 1. The van der Waals surface area contributed by atoms with Gasteiger partial charge in [-0.15, -0.1) is 0 Å². The molecule has 1 aliphatic heterocycles. The van der Waals surface area contributed by atoms with Crippen molar-refractivity contribution in [1.82, 2.24) is 0 Å². The number of nitro groups is 1. The van der Waals surface area contributed by atoms with Crippen LogP contribution in [0.15, 0.2) is 45.8 Å². The Hall–Kier alpha value is -2.13. The Morgan fingerprint density at radius 1 is 1.12 bits per heavy atom. The molecular formula is C15H12BrNO6S. The third-order valence-electron chi connectivity index (χ3n) is 3.57. The second-order valence-electron chi connectivity index (χ2n) is 5.13. The first-order chi connectivity index (χ1) is 11.4. The van der Waals surface area contributed by atoms with Gasteiger partial charge in [0, 0.05) is 6.07 Å². The van der Waals surface area contributed by atoms with Crippen LogP contribution >= 0.6 is 15.9 Å². The quantitative estimate of drug-likeness (QED) is 0.551. The number of hydrogen-bond acceptors (Lipinski definition) is 6. The van der Waals surface area contributed by atoms with Gasteiger partial charge >= 0.3 is 0 Å². The Balaban J connectivity index is 1.76. The Labute approximate surface area is 146 Å². The van der Waals surface area contributed by atoms with Crippen LogP contribution in [0.4, 0.5) is 5.69 Å². The molecule has 9 heteroatoms. The zero-order valence-corrected chi connectivity index (χ0v) is 14.7. The number of halogens is 1. The standard InChI is InChI=1S/C15H12BrNO6S/c16-12-8-11(2-3-13(12)17(18)19)24(20,21)6-5-10-1-4-14-15(7-10)23-9-22-14/h1-4,7-8H,5-6,9H2. The highest BCUT2D eigenvalue weighted by molar-refractivity contribution is 9.10. The minimum Gasteiger partial charge on any atom is -0.454 e. The van der Waals surface area contributed by atoms with E-state index in [1.165, 1.54) is 18.2 Å². The first-order valence-corrected chi connectivity index (χ1v) is 9.36. The molecule has 2 aromatic carbocycles. The summed E-state index contributed by atoms with van der Waals surface area (Å²) >= 11 is 3.03. The highest BCUT2D eigenvalue weighted by Crippen LogP contribution is 2.33. The molecule has 0 amide bonds. The second kappa shape index (κ2) is 6.40. The highest BCUT2D eigenvalue weighted by atomic mass is 79.9. The molecule has 1 aliphatic rings. The number of hydrogen-bond donors (Lipinski definition) is 0. The Morgan fingerprint density at radius 3 is 2.58 bits per heavy atom. The molecule has 0 atom stereocenters. The minimum absolute atomic E-state index is 0.0423. The van der Waals surface area contributed by atoms with Crippen molar-refractivity contribution in [2.24, 2.45) is 0 Å². The molecule has 0 radical (unpaired) electrons. The van der Waals surface area contributed by atoms with Gasteiger partial charge in [0.05, 0.1) is 20.0 Å². The fraction of sp³-hybridized carbons (Fsp3) is 0.200. The highest BCUT2D eigenvalue weighted by Gasteiger charge is 2.20. The second-order valence-corrected chi connectivity index (χ2v) is 8.09. The zero-order valence-electron chi connectivity index (χ0n) is 12.3. The lowest BCUT2D eigenvalue weighted by Crippen LogP contribution is -2.09. The summed E-state index contributed by atoms with van der Waals surface area (Å²) in [4.78, 5) is 10.3. The van der Waals surface area contributed by atoms with Gasteiger partial charge < -0.3 is 9.47 Å². The summed E-state index contributed by atoms with van der Waals surface area (Å²) in [6.07, 6.45) is 0.299. The molecule has 0 aromatic heterocycles. The van der Waals surface area contributed by atoms with E-state index in [4.69, 9.17) is 9.47 Å². The number of benzene rings is 2. The van der Waals surface area contributed by atoms with Gasteiger partial charge in [0.2, 0.25) is 6.79 Å². The van der Waals surface area contributed by atoms with Crippen molar-refractivity contribution in [2.75, 3.05) is 12.5 Å². The van der Waals surface area contributed by atoms with Crippen molar-refractivity contribution < 1.29 is 22.8 Å². The van der Waals surface area contributed by atoms with Gasteiger partial charge in [0.25, 0.3) is 5.69 Å². The molecule has 0 bridgehead atoms. The van der Waals surface area contributed by atoms with Gasteiger partial charge in [0.1, 0.15) is 0 Å². The number of nitrogens with zero attached hydrogens (tertiary/aromatic N) is 1. The summed E-state index contributed by atoms with van der Waals surface area (Å²) in [6, 6.07) is 8.97. The normalized spacial score (nSPS) is 13.0. The van der Waals surface area contributed by atoms with Crippen molar-refractivity contribution in [3.63, 3.8) is 0 Å². The molecule has 0 saturated carbocycles. The van der Waals surface area contributed by atoms with E-state index < -0.39 is 14.8 Å². The van der Waals surface area contributed by atoms with Crippen molar-refractivity contribution in [1.29, 1.82) is 0 Å². The van der Waals surface area contributed by atoms with E-state index >= 15 is 0 Å². The average molecular weight is 414 g/mol. The maximum atomic E-state index is 12.4. The first kappa shape index (κ1) is 16.7. The summed E-state index contributed by atoms with van der Waals surface area (Å²) in [5.41, 5.74) is 0.633. The molecule has 1 heterocycles. The fourth-order valence-corrected chi connectivity index (χ4v) is 4.28. The average Bonchev–Trinajstić information content (AvgIpc) is 3.00. The third kappa shape index (κ3) is 3.36. The van der Waals surface area contributed by atoms with Crippen LogP contribution in [0.3, 0.4) is 0 Å². The van der Waals surface area contributed by atoms with E-state index in [1.54, 1.807) is 18.2 Å². The van der Waals surface area contributed by atoms with Crippen LogP contribution in [-0.4, -0.2) is 25.9 Å².